The summed E-state index contributed by atoms with van der Waals surface area (Å²) < 4.78 is 19.5. The van der Waals surface area contributed by atoms with Gasteiger partial charge in [0.15, 0.2) is 22.7 Å². The Balaban J connectivity index is 1.81. The lowest BCUT2D eigenvalue weighted by Crippen LogP contribution is -2.38. The molecule has 0 spiro atoms. The van der Waals surface area contributed by atoms with Crippen LogP contribution in [0.3, 0.4) is 0 Å². The Bertz CT molecular complexity index is 1290. The summed E-state index contributed by atoms with van der Waals surface area (Å²) >= 11 is 0. The van der Waals surface area contributed by atoms with Crippen LogP contribution in [-0.2, 0) is 25.4 Å². The molecule has 3 rings (SSSR count). The molecule has 12 heteroatoms. The molecule has 0 fully saturated rings. The minimum absolute atomic E-state index is 0.144. The molecule has 0 aliphatic heterocycles. The number of aromatic nitrogens is 4. The zero-order chi connectivity index (χ0) is 22.7. The van der Waals surface area contributed by atoms with Gasteiger partial charge >= 0.3 is 5.69 Å². The SMILES string of the molecule is COc1ccc(C=NNC(=O)Cn2cnc3c2c(=O)n(C)c(=O)n3C)c(OC)c1OC. The normalized spacial score (nSPS) is 11.1. The van der Waals surface area contributed by atoms with Gasteiger partial charge in [0.05, 0.1) is 33.9 Å². The summed E-state index contributed by atoms with van der Waals surface area (Å²) in [5, 5.41) is 3.94. The van der Waals surface area contributed by atoms with Crippen LogP contribution in [0.2, 0.25) is 0 Å². The number of rotatable bonds is 7. The topological polar surface area (TPSA) is 131 Å². The second-order valence-corrected chi connectivity index (χ2v) is 6.47. The van der Waals surface area contributed by atoms with Crippen LogP contribution in [-0.4, -0.2) is 52.1 Å². The average Bonchev–Trinajstić information content (AvgIpc) is 3.19. The minimum atomic E-state index is -0.540. The van der Waals surface area contributed by atoms with Crippen LogP contribution in [0.1, 0.15) is 5.56 Å². The van der Waals surface area contributed by atoms with Crippen molar-refractivity contribution in [1.29, 1.82) is 0 Å². The second kappa shape index (κ2) is 8.73. The van der Waals surface area contributed by atoms with E-state index in [0.29, 0.717) is 22.8 Å². The lowest BCUT2D eigenvalue weighted by molar-refractivity contribution is -0.121. The fraction of sp³-hybridized carbons (Fsp3) is 0.316. The maximum Gasteiger partial charge on any atom is 0.332 e. The average molecular weight is 430 g/mol. The van der Waals surface area contributed by atoms with Gasteiger partial charge in [-0.25, -0.2) is 15.2 Å². The lowest BCUT2D eigenvalue weighted by Gasteiger charge is -2.13. The quantitative estimate of drug-likeness (QED) is 0.399. The van der Waals surface area contributed by atoms with Crippen molar-refractivity contribution < 1.29 is 19.0 Å². The number of hydrogen-bond donors (Lipinski definition) is 1. The first-order valence-corrected chi connectivity index (χ1v) is 9.05. The molecular weight excluding hydrogens is 408 g/mol. The summed E-state index contributed by atoms with van der Waals surface area (Å²) in [7, 11) is 7.34. The van der Waals surface area contributed by atoms with Gasteiger partial charge in [0.1, 0.15) is 6.54 Å². The molecule has 0 saturated carbocycles. The van der Waals surface area contributed by atoms with Gasteiger partial charge in [-0.1, -0.05) is 0 Å². The van der Waals surface area contributed by atoms with Crippen molar-refractivity contribution in [2.75, 3.05) is 21.3 Å². The fourth-order valence-corrected chi connectivity index (χ4v) is 3.11. The number of aryl methyl sites for hydroxylation is 1. The van der Waals surface area contributed by atoms with E-state index in [2.05, 4.69) is 15.5 Å². The standard InChI is InChI=1S/C19H22N6O6/c1-23-17-14(18(27)24(2)19(23)28)25(10-20-17)9-13(26)22-21-8-11-6-7-12(29-3)16(31-5)15(11)30-4/h6-8,10H,9H2,1-5H3,(H,22,26). The fourth-order valence-electron chi connectivity index (χ4n) is 3.11. The Hall–Kier alpha value is -4.09. The third kappa shape index (κ3) is 3.86. The number of imidazole rings is 1. The van der Waals surface area contributed by atoms with Crippen LogP contribution in [0.25, 0.3) is 11.2 Å². The van der Waals surface area contributed by atoms with Crippen LogP contribution in [0.5, 0.6) is 17.2 Å². The van der Waals surface area contributed by atoms with Crippen molar-refractivity contribution in [3.8, 4) is 17.2 Å². The molecule has 0 unspecified atom stereocenters. The molecule has 1 amide bonds. The molecule has 0 saturated heterocycles. The van der Waals surface area contributed by atoms with Gasteiger partial charge in [0, 0.05) is 19.7 Å². The Morgan fingerprint density at radius 1 is 1.10 bits per heavy atom. The largest absolute Gasteiger partial charge is 0.493 e. The molecule has 2 heterocycles. The number of benzene rings is 1. The Kier molecular flexibility index (Phi) is 6.09. The maximum absolute atomic E-state index is 12.4. The molecule has 164 valence electrons. The number of nitrogens with one attached hydrogen (secondary N) is 1. The number of amides is 1. The molecule has 12 nitrogen and oxygen atoms in total. The molecule has 1 N–H and O–H groups in total. The molecule has 0 atom stereocenters. The van der Waals surface area contributed by atoms with Gasteiger partial charge in [-0.15, -0.1) is 0 Å². The summed E-state index contributed by atoms with van der Waals surface area (Å²) in [5.41, 5.74) is 2.24. The van der Waals surface area contributed by atoms with Crippen molar-refractivity contribution in [2.45, 2.75) is 6.54 Å². The lowest BCUT2D eigenvalue weighted by atomic mass is 10.2. The number of nitrogens with zero attached hydrogens (tertiary/aromatic N) is 5. The van der Waals surface area contributed by atoms with E-state index in [9.17, 15) is 14.4 Å². The molecule has 0 bridgehead atoms. The highest BCUT2D eigenvalue weighted by molar-refractivity contribution is 5.87. The Morgan fingerprint density at radius 2 is 1.81 bits per heavy atom. The molecule has 0 aliphatic rings. The Labute approximate surface area is 176 Å². The van der Waals surface area contributed by atoms with Gasteiger partial charge < -0.3 is 18.8 Å². The first kappa shape index (κ1) is 21.6. The first-order chi connectivity index (χ1) is 14.8. The molecule has 1 aromatic carbocycles. The van der Waals surface area contributed by atoms with Crippen molar-refractivity contribution in [1.82, 2.24) is 24.1 Å². The third-order valence-corrected chi connectivity index (χ3v) is 4.66. The van der Waals surface area contributed by atoms with Crippen LogP contribution < -0.4 is 30.9 Å². The van der Waals surface area contributed by atoms with Crippen LogP contribution in [0.4, 0.5) is 0 Å². The van der Waals surface area contributed by atoms with E-state index in [1.165, 1.54) is 57.1 Å². The summed E-state index contributed by atoms with van der Waals surface area (Å²) in [4.78, 5) is 40.9. The van der Waals surface area contributed by atoms with Crippen LogP contribution in [0.15, 0.2) is 33.2 Å². The number of carbonyl (C=O) groups excluding carboxylic acids is 1. The van der Waals surface area contributed by atoms with E-state index in [1.807, 2.05) is 0 Å². The monoisotopic (exact) mass is 430 g/mol. The molecule has 0 aliphatic carbocycles. The second-order valence-electron chi connectivity index (χ2n) is 6.47. The number of fused-ring (bicyclic) bond motifs is 1. The van der Waals surface area contributed by atoms with Crippen molar-refractivity contribution in [3.05, 3.63) is 44.9 Å². The highest BCUT2D eigenvalue weighted by Crippen LogP contribution is 2.38. The number of hydrogen-bond acceptors (Lipinski definition) is 8. The number of methoxy groups -OCH3 is 3. The smallest absolute Gasteiger partial charge is 0.332 e. The van der Waals surface area contributed by atoms with Crippen LogP contribution >= 0.6 is 0 Å². The van der Waals surface area contributed by atoms with E-state index < -0.39 is 17.2 Å². The highest BCUT2D eigenvalue weighted by Gasteiger charge is 2.16. The van der Waals surface area contributed by atoms with Gasteiger partial charge in [0.2, 0.25) is 5.75 Å². The zero-order valence-electron chi connectivity index (χ0n) is 17.7. The molecule has 3 aromatic rings. The van der Waals surface area contributed by atoms with E-state index in [1.54, 1.807) is 12.1 Å². The zero-order valence-corrected chi connectivity index (χ0v) is 17.7. The van der Waals surface area contributed by atoms with E-state index >= 15 is 0 Å². The van der Waals surface area contributed by atoms with Gasteiger partial charge in [-0.05, 0) is 12.1 Å². The predicted octanol–water partition coefficient (Wildman–Crippen LogP) is -0.390. The minimum Gasteiger partial charge on any atom is -0.493 e. The summed E-state index contributed by atoms with van der Waals surface area (Å²) in [6, 6.07) is 3.38. The van der Waals surface area contributed by atoms with Crippen LogP contribution in [0, 0.1) is 0 Å². The molecule has 2 aromatic heterocycles. The third-order valence-electron chi connectivity index (χ3n) is 4.66. The van der Waals surface area contributed by atoms with Gasteiger partial charge in [-0.3, -0.25) is 18.7 Å². The molecule has 0 radical (unpaired) electrons. The van der Waals surface area contributed by atoms with E-state index in [4.69, 9.17) is 14.2 Å². The predicted molar refractivity (Wildman–Crippen MR) is 112 cm³/mol. The van der Waals surface area contributed by atoms with Gasteiger partial charge in [-0.2, -0.15) is 5.10 Å². The first-order valence-electron chi connectivity index (χ1n) is 9.05. The van der Waals surface area contributed by atoms with Gasteiger partial charge in [0.25, 0.3) is 11.5 Å². The molecule has 31 heavy (non-hydrogen) atoms. The summed E-state index contributed by atoms with van der Waals surface area (Å²) in [6.45, 7) is -0.218. The van der Waals surface area contributed by atoms with E-state index in [-0.39, 0.29) is 17.7 Å². The summed E-state index contributed by atoms with van der Waals surface area (Å²) in [5.74, 6) is 0.783. The Morgan fingerprint density at radius 3 is 2.45 bits per heavy atom. The highest BCUT2D eigenvalue weighted by atomic mass is 16.5. The van der Waals surface area contributed by atoms with Crippen molar-refractivity contribution >= 4 is 23.3 Å². The number of hydrazone groups is 1. The number of carbonyl (C=O) groups is 1. The van der Waals surface area contributed by atoms with Crippen molar-refractivity contribution in [3.63, 3.8) is 0 Å². The summed E-state index contributed by atoms with van der Waals surface area (Å²) in [6.07, 6.45) is 2.72. The number of ether oxygens (including phenoxy) is 3. The van der Waals surface area contributed by atoms with Crippen molar-refractivity contribution in [2.24, 2.45) is 19.2 Å². The van der Waals surface area contributed by atoms with E-state index in [0.717, 1.165) is 4.57 Å². The maximum atomic E-state index is 12.4. The molecular formula is C19H22N6O6.